The van der Waals surface area contributed by atoms with Gasteiger partial charge in [-0.2, -0.15) is 0 Å². The number of halogens is 1. The molecule has 0 aliphatic heterocycles. The Balaban J connectivity index is 2.37. The van der Waals surface area contributed by atoms with Crippen molar-refractivity contribution in [3.8, 4) is 11.3 Å². The molecular formula is C13H13ClN2O2. The number of carbonyl (C=O) groups excluding carboxylic acids is 1. The molecule has 4 nitrogen and oxygen atoms in total. The zero-order valence-electron chi connectivity index (χ0n) is 9.87. The van der Waals surface area contributed by atoms with E-state index in [0.29, 0.717) is 23.0 Å². The van der Waals surface area contributed by atoms with Crippen LogP contribution in [0.25, 0.3) is 11.3 Å². The molecule has 1 aromatic heterocycles. The number of hydrogen-bond donors (Lipinski definition) is 2. The maximum absolute atomic E-state index is 11.6. The summed E-state index contributed by atoms with van der Waals surface area (Å²) in [5.41, 5.74) is 7.70. The summed E-state index contributed by atoms with van der Waals surface area (Å²) >= 11 is 5.92. The molecule has 18 heavy (non-hydrogen) atoms. The zero-order valence-corrected chi connectivity index (χ0v) is 10.6. The molecule has 0 aliphatic carbocycles. The van der Waals surface area contributed by atoms with Crippen LogP contribution < -0.4 is 5.73 Å². The van der Waals surface area contributed by atoms with Crippen molar-refractivity contribution in [1.82, 2.24) is 4.98 Å². The van der Waals surface area contributed by atoms with Crippen LogP contribution in [0.3, 0.4) is 0 Å². The quantitative estimate of drug-likeness (QED) is 0.837. The van der Waals surface area contributed by atoms with Gasteiger partial charge in [-0.05, 0) is 30.7 Å². The summed E-state index contributed by atoms with van der Waals surface area (Å²) in [5.74, 6) is -0.136. The molecule has 0 radical (unpaired) electrons. The zero-order chi connectivity index (χ0) is 13.1. The topological polar surface area (TPSA) is 68.1 Å². The fraction of sp³-hybridized carbons (Fsp3) is 0.154. The molecule has 0 saturated heterocycles. The van der Waals surface area contributed by atoms with E-state index in [1.165, 1.54) is 0 Å². The van der Waals surface area contributed by atoms with Gasteiger partial charge in [0.1, 0.15) is 11.4 Å². The van der Waals surface area contributed by atoms with Crippen molar-refractivity contribution < 1.29 is 9.53 Å². The lowest BCUT2D eigenvalue weighted by atomic mass is 10.1. The number of esters is 1. The van der Waals surface area contributed by atoms with E-state index >= 15 is 0 Å². The number of rotatable bonds is 3. The third kappa shape index (κ3) is 2.49. The Hall–Kier alpha value is -1.94. The molecular weight excluding hydrogens is 252 g/mol. The fourth-order valence-corrected chi connectivity index (χ4v) is 1.85. The summed E-state index contributed by atoms with van der Waals surface area (Å²) in [6, 6.07) is 8.95. The number of carbonyl (C=O) groups is 1. The maximum atomic E-state index is 11.6. The Kier molecular flexibility index (Phi) is 3.58. The molecule has 0 fully saturated rings. The van der Waals surface area contributed by atoms with Crippen LogP contribution in [0.2, 0.25) is 5.02 Å². The Morgan fingerprint density at radius 1 is 1.44 bits per heavy atom. The number of nitrogen functional groups attached to an aromatic ring is 1. The van der Waals surface area contributed by atoms with E-state index in [2.05, 4.69) is 4.98 Å². The average molecular weight is 265 g/mol. The lowest BCUT2D eigenvalue weighted by Crippen LogP contribution is -2.05. The van der Waals surface area contributed by atoms with Gasteiger partial charge in [0.15, 0.2) is 0 Å². The van der Waals surface area contributed by atoms with Gasteiger partial charge in [0.25, 0.3) is 0 Å². The van der Waals surface area contributed by atoms with Gasteiger partial charge in [-0.15, -0.1) is 0 Å². The van der Waals surface area contributed by atoms with E-state index in [1.807, 2.05) is 12.1 Å². The SMILES string of the molecule is CCOC(=O)c1cc(-c2cccc(Cl)c2)[nH]c1N. The number of ether oxygens (including phenoxy) is 1. The van der Waals surface area contributed by atoms with E-state index in [0.717, 1.165) is 11.3 Å². The van der Waals surface area contributed by atoms with Gasteiger partial charge in [0, 0.05) is 10.7 Å². The molecule has 94 valence electrons. The average Bonchev–Trinajstić information content (AvgIpc) is 2.72. The molecule has 0 bridgehead atoms. The third-order valence-corrected chi connectivity index (χ3v) is 2.71. The molecule has 5 heteroatoms. The first-order chi connectivity index (χ1) is 8.61. The monoisotopic (exact) mass is 264 g/mol. The fourth-order valence-electron chi connectivity index (χ4n) is 1.66. The molecule has 0 amide bonds. The number of H-pyrrole nitrogens is 1. The Morgan fingerprint density at radius 3 is 2.89 bits per heavy atom. The van der Waals surface area contributed by atoms with Crippen LogP contribution in [0, 0.1) is 0 Å². The number of benzene rings is 1. The molecule has 1 aromatic carbocycles. The van der Waals surface area contributed by atoms with Gasteiger partial charge in [0.05, 0.1) is 6.61 Å². The van der Waals surface area contributed by atoms with Crippen LogP contribution in [0.1, 0.15) is 17.3 Å². The van der Waals surface area contributed by atoms with E-state index in [9.17, 15) is 4.79 Å². The maximum Gasteiger partial charge on any atom is 0.341 e. The summed E-state index contributed by atoms with van der Waals surface area (Å²) in [6.07, 6.45) is 0. The summed E-state index contributed by atoms with van der Waals surface area (Å²) in [5, 5.41) is 0.623. The van der Waals surface area contributed by atoms with E-state index in [-0.39, 0.29) is 0 Å². The van der Waals surface area contributed by atoms with Crippen molar-refractivity contribution in [2.45, 2.75) is 6.92 Å². The highest BCUT2D eigenvalue weighted by molar-refractivity contribution is 6.30. The van der Waals surface area contributed by atoms with Gasteiger partial charge in [-0.1, -0.05) is 23.7 Å². The molecule has 2 aromatic rings. The predicted octanol–water partition coefficient (Wildman–Crippen LogP) is 3.09. The smallest absolute Gasteiger partial charge is 0.341 e. The van der Waals surface area contributed by atoms with E-state index in [1.54, 1.807) is 25.1 Å². The summed E-state index contributed by atoms with van der Waals surface area (Å²) in [7, 11) is 0. The minimum atomic E-state index is -0.431. The summed E-state index contributed by atoms with van der Waals surface area (Å²) in [4.78, 5) is 14.6. The number of aromatic amines is 1. The highest BCUT2D eigenvalue weighted by Gasteiger charge is 2.15. The van der Waals surface area contributed by atoms with Crippen LogP contribution in [0.4, 0.5) is 5.82 Å². The molecule has 0 saturated carbocycles. The minimum absolute atomic E-state index is 0.295. The second kappa shape index (κ2) is 5.14. The van der Waals surface area contributed by atoms with Gasteiger partial charge < -0.3 is 15.5 Å². The first-order valence-electron chi connectivity index (χ1n) is 5.53. The minimum Gasteiger partial charge on any atom is -0.462 e. The lowest BCUT2D eigenvalue weighted by Gasteiger charge is -1.98. The van der Waals surface area contributed by atoms with Gasteiger partial charge in [-0.25, -0.2) is 4.79 Å². The standard InChI is InChI=1S/C13H13ClN2O2/c1-2-18-13(17)10-7-11(16-12(10)15)8-4-3-5-9(14)6-8/h3-7,16H,2,15H2,1H3. The number of aromatic nitrogens is 1. The van der Waals surface area contributed by atoms with Crippen molar-refractivity contribution in [2.75, 3.05) is 12.3 Å². The van der Waals surface area contributed by atoms with Gasteiger partial charge in [0.2, 0.25) is 0 Å². The Morgan fingerprint density at radius 2 is 2.22 bits per heavy atom. The number of nitrogens with two attached hydrogens (primary N) is 1. The molecule has 0 spiro atoms. The largest absolute Gasteiger partial charge is 0.462 e. The molecule has 3 N–H and O–H groups in total. The summed E-state index contributed by atoms with van der Waals surface area (Å²) < 4.78 is 4.92. The first-order valence-corrected chi connectivity index (χ1v) is 5.91. The summed E-state index contributed by atoms with van der Waals surface area (Å²) in [6.45, 7) is 2.06. The Labute approximate surface area is 110 Å². The molecule has 1 heterocycles. The van der Waals surface area contributed by atoms with Crippen LogP contribution in [-0.4, -0.2) is 17.6 Å². The highest BCUT2D eigenvalue weighted by atomic mass is 35.5. The van der Waals surface area contributed by atoms with Crippen LogP contribution in [0.15, 0.2) is 30.3 Å². The molecule has 0 atom stereocenters. The molecule has 2 rings (SSSR count). The second-order valence-corrected chi connectivity index (χ2v) is 4.18. The first kappa shape index (κ1) is 12.5. The Bertz CT molecular complexity index is 578. The number of hydrogen-bond acceptors (Lipinski definition) is 3. The third-order valence-electron chi connectivity index (χ3n) is 2.48. The lowest BCUT2D eigenvalue weighted by molar-refractivity contribution is 0.0528. The number of nitrogens with one attached hydrogen (secondary N) is 1. The van der Waals surface area contributed by atoms with Crippen molar-refractivity contribution in [2.24, 2.45) is 0 Å². The second-order valence-electron chi connectivity index (χ2n) is 3.74. The van der Waals surface area contributed by atoms with Crippen molar-refractivity contribution in [3.63, 3.8) is 0 Å². The van der Waals surface area contributed by atoms with E-state index < -0.39 is 5.97 Å². The normalized spacial score (nSPS) is 10.3. The van der Waals surface area contributed by atoms with Crippen molar-refractivity contribution in [3.05, 3.63) is 40.9 Å². The molecule has 0 unspecified atom stereocenters. The highest BCUT2D eigenvalue weighted by Crippen LogP contribution is 2.25. The van der Waals surface area contributed by atoms with Crippen molar-refractivity contribution in [1.29, 1.82) is 0 Å². The van der Waals surface area contributed by atoms with Gasteiger partial charge in [-0.3, -0.25) is 0 Å². The van der Waals surface area contributed by atoms with Crippen LogP contribution in [-0.2, 0) is 4.74 Å². The predicted molar refractivity (Wildman–Crippen MR) is 71.6 cm³/mol. The number of anilines is 1. The van der Waals surface area contributed by atoms with Crippen LogP contribution >= 0.6 is 11.6 Å². The van der Waals surface area contributed by atoms with E-state index in [4.69, 9.17) is 22.1 Å². The molecule has 0 aliphatic rings. The van der Waals surface area contributed by atoms with Crippen molar-refractivity contribution >= 4 is 23.4 Å². The van der Waals surface area contributed by atoms with Crippen LogP contribution in [0.5, 0.6) is 0 Å². The van der Waals surface area contributed by atoms with Gasteiger partial charge >= 0.3 is 5.97 Å².